The lowest BCUT2D eigenvalue weighted by atomic mass is 10.2. The van der Waals surface area contributed by atoms with Crippen molar-refractivity contribution < 1.29 is 40.8 Å². The van der Waals surface area contributed by atoms with Crippen LogP contribution in [0.1, 0.15) is 25.7 Å². The van der Waals surface area contributed by atoms with Gasteiger partial charge in [0.05, 0.1) is 0 Å². The maximum absolute atomic E-state index is 9.90. The fraction of sp³-hybridized carbons (Fsp3) is 0.667. The van der Waals surface area contributed by atoms with Crippen molar-refractivity contribution in [3.05, 3.63) is 0 Å². The number of carbonyl (C=O) groups is 2. The number of unbranched alkanes of at least 4 members (excludes halogenated alkanes) is 1. The van der Waals surface area contributed by atoms with Crippen LogP contribution in [-0.4, -0.2) is 43.2 Å². The summed E-state index contributed by atoms with van der Waals surface area (Å²) in [7, 11) is 0. The minimum atomic E-state index is -0.870. The zero-order valence-electron chi connectivity index (χ0n) is 7.33. The van der Waals surface area contributed by atoms with Gasteiger partial charge in [-0.1, -0.05) is 0 Å². The van der Waals surface area contributed by atoms with Gasteiger partial charge in [-0.05, 0) is 12.8 Å². The topological polar surface area (TPSA) is 156 Å². The molecule has 0 aromatic heterocycles. The molecule has 0 amide bonds. The van der Waals surface area contributed by atoms with Crippen molar-refractivity contribution in [1.82, 2.24) is 0 Å². The van der Waals surface area contributed by atoms with Crippen LogP contribution in [-0.2, 0) is 9.59 Å². The van der Waals surface area contributed by atoms with Crippen LogP contribution < -0.4 is 0 Å². The lowest BCUT2D eigenvalue weighted by Gasteiger charge is -1.92. The van der Waals surface area contributed by atoms with Crippen molar-refractivity contribution in [3.63, 3.8) is 0 Å². The van der Waals surface area contributed by atoms with E-state index in [-0.39, 0.29) is 12.8 Å². The summed E-state index contributed by atoms with van der Waals surface area (Å²) in [6.07, 6.45) is 1.02. The van der Waals surface area contributed by atoms with E-state index in [1.54, 1.807) is 0 Å². The molecule has 0 fully saturated rings. The van der Waals surface area contributed by atoms with Gasteiger partial charge in [0.25, 0.3) is 0 Å². The predicted octanol–water partition coefficient (Wildman–Crippen LogP) is 0.751. The van der Waals surface area contributed by atoms with E-state index in [0.717, 1.165) is 0 Å². The second kappa shape index (κ2) is 17.8. The number of aliphatic carboxylic acids is 2. The predicted molar refractivity (Wildman–Crippen MR) is 44.3 cm³/mol. The number of carboxylic acids is 2. The monoisotopic (exact) mass is 214 g/mol. The molecule has 0 atom stereocenters. The molecule has 0 heterocycles. The minimum Gasteiger partial charge on any atom is -0.481 e. The van der Waals surface area contributed by atoms with E-state index in [4.69, 9.17) is 31.2 Å². The molecule has 0 bridgehead atoms. The number of rotatable bonds is 5. The first-order chi connectivity index (χ1) is 6.63. The van der Waals surface area contributed by atoms with Gasteiger partial charge in [0.1, 0.15) is 0 Å². The molecule has 8 heteroatoms. The van der Waals surface area contributed by atoms with E-state index in [1.807, 2.05) is 0 Å². The van der Waals surface area contributed by atoms with Crippen molar-refractivity contribution in [3.8, 4) is 0 Å². The van der Waals surface area contributed by atoms with Gasteiger partial charge in [-0.15, -0.1) is 0 Å². The Morgan fingerprint density at radius 3 is 1.07 bits per heavy atom. The van der Waals surface area contributed by atoms with Crippen molar-refractivity contribution in [2.45, 2.75) is 25.7 Å². The van der Waals surface area contributed by atoms with Gasteiger partial charge >= 0.3 is 11.9 Å². The maximum atomic E-state index is 9.90. The van der Waals surface area contributed by atoms with Gasteiger partial charge < -0.3 is 10.2 Å². The largest absolute Gasteiger partial charge is 0.481 e. The Balaban J connectivity index is -0.000000266. The van der Waals surface area contributed by atoms with Gasteiger partial charge in [0.15, 0.2) is 0 Å². The molecule has 8 nitrogen and oxygen atoms in total. The number of carboxylic acid groups (broad SMARTS) is 2. The summed E-state index contributed by atoms with van der Waals surface area (Å²) in [5.74, 6) is -1.74. The van der Waals surface area contributed by atoms with Gasteiger partial charge in [-0.25, -0.2) is 0 Å². The van der Waals surface area contributed by atoms with Crippen LogP contribution in [0.15, 0.2) is 0 Å². The van der Waals surface area contributed by atoms with E-state index < -0.39 is 11.9 Å². The maximum Gasteiger partial charge on any atom is 0.303 e. The number of hydrogen-bond acceptors (Lipinski definition) is 6. The van der Waals surface area contributed by atoms with Crippen molar-refractivity contribution in [2.75, 3.05) is 0 Å². The van der Waals surface area contributed by atoms with E-state index in [0.29, 0.717) is 12.8 Å². The zero-order valence-corrected chi connectivity index (χ0v) is 7.33. The first-order valence-corrected chi connectivity index (χ1v) is 3.46. The second-order valence-corrected chi connectivity index (χ2v) is 1.99. The lowest BCUT2D eigenvalue weighted by molar-refractivity contribution is -0.176. The molecule has 0 unspecified atom stereocenters. The standard InChI is InChI=1S/C6H10O4.2H2O2/c7-5(8)3-1-2-4-6(9)10;2*1-2/h1-4H2,(H,7,8)(H,9,10);2*1-2H. The van der Waals surface area contributed by atoms with E-state index in [1.165, 1.54) is 0 Å². The summed E-state index contributed by atoms with van der Waals surface area (Å²) in [4.78, 5) is 19.8. The Morgan fingerprint density at radius 2 is 0.929 bits per heavy atom. The average Bonchev–Trinajstić information content (AvgIpc) is 2.18. The third kappa shape index (κ3) is 30.9. The van der Waals surface area contributed by atoms with Crippen LogP contribution in [0.4, 0.5) is 0 Å². The summed E-state index contributed by atoms with van der Waals surface area (Å²) >= 11 is 0. The molecule has 0 spiro atoms. The highest BCUT2D eigenvalue weighted by Crippen LogP contribution is 1.98. The third-order valence-electron chi connectivity index (χ3n) is 1.03. The lowest BCUT2D eigenvalue weighted by Crippen LogP contribution is -1.97. The highest BCUT2D eigenvalue weighted by molar-refractivity contribution is 5.67. The van der Waals surface area contributed by atoms with Gasteiger partial charge in [0.2, 0.25) is 0 Å². The Kier molecular flexibility index (Phi) is 23.5. The second-order valence-electron chi connectivity index (χ2n) is 1.99. The van der Waals surface area contributed by atoms with Crippen LogP contribution in [0.25, 0.3) is 0 Å². The fourth-order valence-corrected chi connectivity index (χ4v) is 0.552. The molecule has 0 rings (SSSR count). The molecular formula is C6H14O8. The van der Waals surface area contributed by atoms with Gasteiger partial charge in [-0.2, -0.15) is 0 Å². The molecule has 86 valence electrons. The minimum absolute atomic E-state index is 0.0628. The fourth-order valence-electron chi connectivity index (χ4n) is 0.552. The first-order valence-electron chi connectivity index (χ1n) is 3.46. The molecular weight excluding hydrogens is 200 g/mol. The van der Waals surface area contributed by atoms with Crippen LogP contribution in [0.5, 0.6) is 0 Å². The van der Waals surface area contributed by atoms with Gasteiger partial charge in [-0.3, -0.25) is 30.6 Å². The zero-order chi connectivity index (χ0) is 12.0. The normalized spacial score (nSPS) is 7.43. The van der Waals surface area contributed by atoms with Gasteiger partial charge in [0, 0.05) is 12.8 Å². The highest BCUT2D eigenvalue weighted by atomic mass is 17.0. The van der Waals surface area contributed by atoms with Crippen LogP contribution in [0, 0.1) is 0 Å². The molecule has 0 radical (unpaired) electrons. The van der Waals surface area contributed by atoms with Crippen LogP contribution in [0.2, 0.25) is 0 Å². The summed E-state index contributed by atoms with van der Waals surface area (Å²) < 4.78 is 0. The molecule has 0 aromatic carbocycles. The SMILES string of the molecule is O=C(O)CCCCC(=O)O.OO.OO. The summed E-state index contributed by atoms with van der Waals surface area (Å²) in [6, 6.07) is 0. The molecule has 0 aliphatic rings. The molecule has 0 aromatic rings. The Morgan fingerprint density at radius 1 is 0.714 bits per heavy atom. The smallest absolute Gasteiger partial charge is 0.303 e. The highest BCUT2D eigenvalue weighted by Gasteiger charge is 1.99. The van der Waals surface area contributed by atoms with E-state index in [9.17, 15) is 9.59 Å². The van der Waals surface area contributed by atoms with Crippen molar-refractivity contribution in [2.24, 2.45) is 0 Å². The quantitative estimate of drug-likeness (QED) is 0.222. The first kappa shape index (κ1) is 18.5. The van der Waals surface area contributed by atoms with Crippen LogP contribution >= 0.6 is 0 Å². The average molecular weight is 214 g/mol. The molecule has 0 saturated carbocycles. The molecule has 0 aliphatic heterocycles. The molecule has 0 saturated heterocycles. The van der Waals surface area contributed by atoms with Crippen molar-refractivity contribution >= 4 is 11.9 Å². The molecule has 0 aliphatic carbocycles. The Labute approximate surface area is 79.5 Å². The Hall–Kier alpha value is -1.22. The molecule has 14 heavy (non-hydrogen) atoms. The third-order valence-corrected chi connectivity index (χ3v) is 1.03. The van der Waals surface area contributed by atoms with Crippen molar-refractivity contribution in [1.29, 1.82) is 0 Å². The summed E-state index contributed by atoms with van der Waals surface area (Å²) in [5, 5.41) is 40.3. The van der Waals surface area contributed by atoms with E-state index in [2.05, 4.69) is 0 Å². The van der Waals surface area contributed by atoms with E-state index >= 15 is 0 Å². The Bertz CT molecular complexity index is 118. The summed E-state index contributed by atoms with van der Waals surface area (Å²) in [6.45, 7) is 0. The van der Waals surface area contributed by atoms with Crippen LogP contribution in [0.3, 0.4) is 0 Å². The number of hydrogen-bond donors (Lipinski definition) is 6. The summed E-state index contributed by atoms with van der Waals surface area (Å²) in [5.41, 5.74) is 0. The molecule has 6 N–H and O–H groups in total.